The summed E-state index contributed by atoms with van der Waals surface area (Å²) < 4.78 is 108. The summed E-state index contributed by atoms with van der Waals surface area (Å²) in [6.07, 6.45) is -4.87. The van der Waals surface area contributed by atoms with E-state index < -0.39 is 33.5 Å². The van der Waals surface area contributed by atoms with Crippen LogP contribution >= 0.6 is 0 Å². The van der Waals surface area contributed by atoms with Crippen molar-refractivity contribution in [2.24, 2.45) is 14.1 Å². The van der Waals surface area contributed by atoms with Crippen molar-refractivity contribution >= 4 is 54.9 Å². The molecule has 1 aliphatic carbocycles. The van der Waals surface area contributed by atoms with Crippen molar-refractivity contribution in [1.82, 2.24) is 38.3 Å². The number of halogens is 6. The molecular weight excluding hydrogens is 723 g/mol. The van der Waals surface area contributed by atoms with Gasteiger partial charge >= 0.3 is 12.4 Å². The van der Waals surface area contributed by atoms with Gasteiger partial charge in [0, 0.05) is 37.7 Å². The lowest BCUT2D eigenvalue weighted by atomic mass is 10.1. The zero-order valence-electron chi connectivity index (χ0n) is 28.8. The summed E-state index contributed by atoms with van der Waals surface area (Å²) in [6, 6.07) is 11.9. The Morgan fingerprint density at radius 3 is 2.11 bits per heavy atom. The monoisotopic (exact) mass is 752 g/mol. The number of allylic oxidation sites excluding steroid dienone is 1. The van der Waals surface area contributed by atoms with Crippen molar-refractivity contribution in [3.8, 4) is 11.5 Å². The number of rotatable bonds is 4. The lowest BCUT2D eigenvalue weighted by molar-refractivity contribution is -0.138. The molecule has 8 rings (SSSR count). The molecule has 274 valence electrons. The molecule has 0 fully saturated rings. The molecule has 0 unspecified atom stereocenters. The summed E-state index contributed by atoms with van der Waals surface area (Å²) in [5.74, 6) is 0.793. The van der Waals surface area contributed by atoms with Gasteiger partial charge in [-0.1, -0.05) is 6.07 Å². The third-order valence-electron chi connectivity index (χ3n) is 9.01. The van der Waals surface area contributed by atoms with Crippen LogP contribution < -0.4 is 0 Å². The number of aromatic nitrogens is 8. The number of aryl methyl sites for hydroxylation is 4. The maximum absolute atomic E-state index is 13.1. The van der Waals surface area contributed by atoms with Crippen LogP contribution in [0.4, 0.5) is 26.3 Å². The van der Waals surface area contributed by atoms with Crippen LogP contribution in [0.15, 0.2) is 60.8 Å². The summed E-state index contributed by atoms with van der Waals surface area (Å²) in [4.78, 5) is 13.4. The Labute approximate surface area is 298 Å². The standard InChI is InChI=1S/C19H17F3N4O2S.C17H13F3N4/c1-4-29(27,28)26-15-6-5-13(19(20,21)22)8-12(15)9-16(26)18-24-14-7-11(2)10-23-17(14)25(18)3;1-9-5-14-16(23-22-9)24(2)15(21-14)12-6-10-3-4-13(17(18,19)20)8-11(10)7-12/h5-10H,4H2,1-3H3;3-5,7-8H,6H2,1-2H3. The number of nitrogens with zero attached hydrogens (tertiary/aromatic N) is 8. The van der Waals surface area contributed by atoms with E-state index in [0.717, 1.165) is 50.1 Å². The van der Waals surface area contributed by atoms with Crippen molar-refractivity contribution in [2.75, 3.05) is 5.75 Å². The highest BCUT2D eigenvalue weighted by Crippen LogP contribution is 2.38. The zero-order valence-corrected chi connectivity index (χ0v) is 29.7. The van der Waals surface area contributed by atoms with E-state index in [-0.39, 0.29) is 22.3 Å². The molecular formula is C36H30F6N8O2S. The largest absolute Gasteiger partial charge is 0.416 e. The van der Waals surface area contributed by atoms with E-state index in [2.05, 4.69) is 25.1 Å². The van der Waals surface area contributed by atoms with Gasteiger partial charge in [-0.2, -0.15) is 31.4 Å². The van der Waals surface area contributed by atoms with Crippen molar-refractivity contribution in [1.29, 1.82) is 0 Å². The Balaban J connectivity index is 0.000000167. The van der Waals surface area contributed by atoms with Crippen LogP contribution in [-0.4, -0.2) is 52.4 Å². The number of benzene rings is 2. The van der Waals surface area contributed by atoms with Crippen LogP contribution in [0.25, 0.3) is 56.4 Å². The molecule has 17 heteroatoms. The average molecular weight is 753 g/mol. The van der Waals surface area contributed by atoms with E-state index >= 15 is 0 Å². The SMILES string of the molecule is CCS(=O)(=O)n1c(-c2nc3cc(C)cnc3n2C)cc2cc(C(F)(F)F)ccc21.Cc1cc2nc(C3=Cc4cc(C(F)(F)F)ccc4C3)n(C)c2nn1. The molecule has 0 aliphatic heterocycles. The Morgan fingerprint density at radius 1 is 0.774 bits per heavy atom. The van der Waals surface area contributed by atoms with Crippen LogP contribution in [0.5, 0.6) is 0 Å². The average Bonchev–Trinajstić information content (AvgIpc) is 3.85. The van der Waals surface area contributed by atoms with Crippen molar-refractivity contribution < 1.29 is 34.8 Å². The zero-order chi connectivity index (χ0) is 38.2. The number of hydrogen-bond acceptors (Lipinski definition) is 7. The molecule has 2 aromatic carbocycles. The third kappa shape index (κ3) is 6.42. The van der Waals surface area contributed by atoms with E-state index in [1.165, 1.54) is 31.2 Å². The number of alkyl halides is 6. The van der Waals surface area contributed by atoms with Gasteiger partial charge in [-0.05, 0) is 92.1 Å². The Morgan fingerprint density at radius 2 is 1.42 bits per heavy atom. The molecule has 0 saturated heterocycles. The molecule has 7 aromatic rings. The topological polar surface area (TPSA) is 113 Å². The molecule has 0 bridgehead atoms. The van der Waals surface area contributed by atoms with Crippen LogP contribution in [0.2, 0.25) is 0 Å². The first kappa shape index (κ1) is 35.8. The predicted molar refractivity (Wildman–Crippen MR) is 188 cm³/mol. The van der Waals surface area contributed by atoms with Gasteiger partial charge in [0.25, 0.3) is 0 Å². The summed E-state index contributed by atoms with van der Waals surface area (Å²) in [6.45, 7) is 5.18. The molecule has 0 atom stereocenters. The van der Waals surface area contributed by atoms with E-state index in [1.54, 1.807) is 23.9 Å². The molecule has 53 heavy (non-hydrogen) atoms. The minimum absolute atomic E-state index is 0.169. The molecule has 0 saturated carbocycles. The molecule has 0 radical (unpaired) electrons. The predicted octanol–water partition coefficient (Wildman–Crippen LogP) is 7.90. The van der Waals surface area contributed by atoms with Crippen LogP contribution in [0.1, 0.15) is 46.3 Å². The van der Waals surface area contributed by atoms with E-state index in [1.807, 2.05) is 37.6 Å². The third-order valence-corrected chi connectivity index (χ3v) is 10.7. The van der Waals surface area contributed by atoms with Crippen LogP contribution in [-0.2, 0) is 42.9 Å². The smallest absolute Gasteiger partial charge is 0.311 e. The van der Waals surface area contributed by atoms with Gasteiger partial charge < -0.3 is 9.13 Å². The van der Waals surface area contributed by atoms with Crippen LogP contribution in [0, 0.1) is 13.8 Å². The first-order chi connectivity index (χ1) is 24.9. The minimum atomic E-state index is -4.53. The normalized spacial score (nSPS) is 13.5. The summed E-state index contributed by atoms with van der Waals surface area (Å²) in [5.41, 5.74) is 5.39. The maximum atomic E-state index is 13.1. The second-order valence-corrected chi connectivity index (χ2v) is 14.9. The molecule has 0 N–H and O–H groups in total. The van der Waals surface area contributed by atoms with Gasteiger partial charge in [-0.3, -0.25) is 0 Å². The lowest BCUT2D eigenvalue weighted by Crippen LogP contribution is -2.16. The van der Waals surface area contributed by atoms with Crippen molar-refractivity contribution in [3.63, 3.8) is 0 Å². The number of hydrogen-bond donors (Lipinski definition) is 0. The number of pyridine rings is 1. The minimum Gasteiger partial charge on any atom is -0.311 e. The van der Waals surface area contributed by atoms with E-state index in [4.69, 9.17) is 0 Å². The fourth-order valence-electron chi connectivity index (χ4n) is 6.38. The molecule has 5 aromatic heterocycles. The van der Waals surface area contributed by atoms with Crippen molar-refractivity contribution in [2.45, 2.75) is 39.5 Å². The molecule has 0 amide bonds. The van der Waals surface area contributed by atoms with Gasteiger partial charge in [0.05, 0.1) is 28.1 Å². The van der Waals surface area contributed by atoms with E-state index in [0.29, 0.717) is 40.4 Å². The first-order valence-electron chi connectivity index (χ1n) is 16.2. The fraction of sp³-hybridized carbons (Fsp3) is 0.250. The Kier molecular flexibility index (Phi) is 8.47. The maximum Gasteiger partial charge on any atom is 0.416 e. The molecule has 0 spiro atoms. The van der Waals surface area contributed by atoms with Gasteiger partial charge in [-0.15, -0.1) is 5.10 Å². The fourth-order valence-corrected chi connectivity index (χ4v) is 7.54. The Bertz CT molecular complexity index is 2740. The van der Waals surface area contributed by atoms with Gasteiger partial charge in [0.1, 0.15) is 22.6 Å². The van der Waals surface area contributed by atoms with Crippen LogP contribution in [0.3, 0.4) is 0 Å². The number of fused-ring (bicyclic) bond motifs is 4. The quantitative estimate of drug-likeness (QED) is 0.168. The van der Waals surface area contributed by atoms with Crippen molar-refractivity contribution in [3.05, 3.63) is 100 Å². The number of imidazole rings is 2. The van der Waals surface area contributed by atoms with E-state index in [9.17, 15) is 34.8 Å². The highest BCUT2D eigenvalue weighted by atomic mass is 32.2. The second-order valence-electron chi connectivity index (χ2n) is 12.8. The molecule has 1 aliphatic rings. The molecule has 5 heterocycles. The Hall–Kier alpha value is -5.58. The van der Waals surface area contributed by atoms with Gasteiger partial charge in [0.2, 0.25) is 10.0 Å². The highest BCUT2D eigenvalue weighted by Gasteiger charge is 2.33. The highest BCUT2D eigenvalue weighted by molar-refractivity contribution is 7.90. The first-order valence-corrected chi connectivity index (χ1v) is 17.8. The van der Waals surface area contributed by atoms with Gasteiger partial charge in [0.15, 0.2) is 17.1 Å². The summed E-state index contributed by atoms with van der Waals surface area (Å²) in [5, 5.41) is 8.34. The lowest BCUT2D eigenvalue weighted by Gasteiger charge is -2.11. The van der Waals surface area contributed by atoms with Gasteiger partial charge in [-0.25, -0.2) is 27.3 Å². The summed E-state index contributed by atoms with van der Waals surface area (Å²) >= 11 is 0. The summed E-state index contributed by atoms with van der Waals surface area (Å²) in [7, 11) is -0.287. The molecule has 10 nitrogen and oxygen atoms in total. The second kappa shape index (κ2) is 12.5.